The first-order chi connectivity index (χ1) is 15.1. The molecule has 14 heteroatoms. The summed E-state index contributed by atoms with van der Waals surface area (Å²) in [6, 6.07) is 1.51. The summed E-state index contributed by atoms with van der Waals surface area (Å²) in [4.78, 5) is 7.56. The predicted octanol–water partition coefficient (Wildman–Crippen LogP) is 1.23. The van der Waals surface area contributed by atoms with Gasteiger partial charge in [-0.25, -0.2) is 14.6 Å². The van der Waals surface area contributed by atoms with E-state index in [9.17, 15) is 28.5 Å². The summed E-state index contributed by atoms with van der Waals surface area (Å²) in [5.74, 6) is -0.0988. The monoisotopic (exact) mass is 474 g/mol. The van der Waals surface area contributed by atoms with E-state index in [1.54, 1.807) is 6.07 Å². The molecule has 1 aliphatic heterocycles. The van der Waals surface area contributed by atoms with Gasteiger partial charge in [0.2, 0.25) is 0 Å². The molecule has 4 heterocycles. The van der Waals surface area contributed by atoms with Gasteiger partial charge in [0.25, 0.3) is 0 Å². The number of aromatic nitrogens is 6. The van der Waals surface area contributed by atoms with Gasteiger partial charge in [-0.1, -0.05) is 11.6 Å². The second-order valence-corrected chi connectivity index (χ2v) is 7.62. The zero-order chi connectivity index (χ0) is 23.2. The minimum atomic E-state index is -4.83. The summed E-state index contributed by atoms with van der Waals surface area (Å²) < 4.78 is 48.6. The first-order valence-electron chi connectivity index (χ1n) is 9.40. The van der Waals surface area contributed by atoms with Crippen LogP contribution in [-0.4, -0.2) is 69.8 Å². The summed E-state index contributed by atoms with van der Waals surface area (Å²) in [6.07, 6.45) is -6.46. The molecule has 0 aromatic carbocycles. The molecular weight excluding hydrogens is 457 g/mol. The summed E-state index contributed by atoms with van der Waals surface area (Å²) >= 11 is 5.90. The van der Waals surface area contributed by atoms with Crippen molar-refractivity contribution in [1.29, 1.82) is 0 Å². The maximum Gasteiger partial charge on any atom is 0.435 e. The molecule has 1 aliphatic rings. The Labute approximate surface area is 183 Å². The Morgan fingerprint density at radius 3 is 2.62 bits per heavy atom. The molecule has 3 aromatic heterocycles. The van der Waals surface area contributed by atoms with Crippen molar-refractivity contribution in [1.82, 2.24) is 29.5 Å². The van der Waals surface area contributed by atoms with Crippen LogP contribution in [0, 0.1) is 6.92 Å². The highest BCUT2D eigenvalue weighted by atomic mass is 35.5. The highest BCUT2D eigenvalue weighted by Crippen LogP contribution is 2.39. The van der Waals surface area contributed by atoms with E-state index in [0.717, 1.165) is 16.9 Å². The molecule has 3 aromatic rings. The molecule has 5 atom stereocenters. The average Bonchev–Trinajstić information content (AvgIpc) is 3.37. The molecular formula is C18H18ClF3N6O4. The minimum absolute atomic E-state index is 0.0738. The lowest BCUT2D eigenvalue weighted by Crippen LogP contribution is -2.53. The van der Waals surface area contributed by atoms with Gasteiger partial charge in [0.05, 0.1) is 17.3 Å². The van der Waals surface area contributed by atoms with Crippen molar-refractivity contribution < 1.29 is 33.2 Å². The van der Waals surface area contributed by atoms with E-state index >= 15 is 0 Å². The molecule has 0 saturated carbocycles. The minimum Gasteiger partial charge on any atom is -0.394 e. The third-order valence-corrected chi connectivity index (χ3v) is 5.25. The van der Waals surface area contributed by atoms with E-state index in [-0.39, 0.29) is 16.7 Å². The number of nitrogens with zero attached hydrogens (tertiary/aromatic N) is 6. The van der Waals surface area contributed by atoms with Crippen LogP contribution >= 0.6 is 11.6 Å². The molecule has 0 aliphatic carbocycles. The van der Waals surface area contributed by atoms with Gasteiger partial charge < -0.3 is 20.1 Å². The van der Waals surface area contributed by atoms with Gasteiger partial charge in [0.1, 0.15) is 36.3 Å². The van der Waals surface area contributed by atoms with Crippen molar-refractivity contribution >= 4 is 11.6 Å². The molecule has 0 bridgehead atoms. The fourth-order valence-corrected chi connectivity index (χ4v) is 3.84. The quantitative estimate of drug-likeness (QED) is 0.514. The number of ether oxygens (including phenoxy) is 1. The average molecular weight is 475 g/mol. The van der Waals surface area contributed by atoms with E-state index in [0.29, 0.717) is 0 Å². The number of alkyl halides is 3. The Morgan fingerprint density at radius 1 is 1.25 bits per heavy atom. The van der Waals surface area contributed by atoms with Crippen LogP contribution in [0.1, 0.15) is 29.5 Å². The van der Waals surface area contributed by atoms with Crippen LogP contribution in [-0.2, 0) is 10.9 Å². The zero-order valence-corrected chi connectivity index (χ0v) is 17.2. The van der Waals surface area contributed by atoms with E-state index in [2.05, 4.69) is 20.2 Å². The maximum absolute atomic E-state index is 13.6. The van der Waals surface area contributed by atoms with Gasteiger partial charge in [-0.3, -0.25) is 4.68 Å². The Kier molecular flexibility index (Phi) is 5.94. The van der Waals surface area contributed by atoms with E-state index in [4.69, 9.17) is 16.3 Å². The number of aliphatic hydroxyl groups excluding tert-OH is 3. The third-order valence-electron chi connectivity index (χ3n) is 5.05. The Bertz CT molecular complexity index is 1090. The number of aliphatic hydroxyl groups is 3. The van der Waals surface area contributed by atoms with Gasteiger partial charge in [-0.15, -0.1) is 0 Å². The van der Waals surface area contributed by atoms with Crippen LogP contribution in [0.2, 0.25) is 5.02 Å². The highest BCUT2D eigenvalue weighted by molar-refractivity contribution is 6.30. The van der Waals surface area contributed by atoms with Crippen molar-refractivity contribution in [3.05, 3.63) is 53.1 Å². The molecule has 0 radical (unpaired) electrons. The van der Waals surface area contributed by atoms with Crippen molar-refractivity contribution in [3.63, 3.8) is 0 Å². The van der Waals surface area contributed by atoms with Crippen molar-refractivity contribution in [2.45, 2.75) is 43.6 Å². The highest BCUT2D eigenvalue weighted by Gasteiger charge is 2.48. The fourth-order valence-electron chi connectivity index (χ4n) is 3.69. The number of aryl methyl sites for hydroxylation is 1. The SMILES string of the molecule is Cc1nc([C@@H]2OC(CO)[C@H](O)[C@H](n3cccn3)C2O)n(-c2cc(Cl)cnc2C(F)(F)F)n1. The summed E-state index contributed by atoms with van der Waals surface area (Å²) in [6.45, 7) is 0.825. The molecule has 4 rings (SSSR count). The Morgan fingerprint density at radius 2 is 2.00 bits per heavy atom. The Balaban J connectivity index is 1.85. The molecule has 10 nitrogen and oxygen atoms in total. The lowest BCUT2D eigenvalue weighted by Gasteiger charge is -2.41. The molecule has 3 N–H and O–H groups in total. The second kappa shape index (κ2) is 8.41. The molecule has 1 fully saturated rings. The standard InChI is InChI=1S/C18H18ClF3N6O4/c1-8-25-17(28(26-8)10-5-9(19)6-23-16(10)18(20,21)22)15-14(31)12(27-4-2-3-24-27)13(30)11(7-29)32-15/h2-6,11-15,29-31H,7H2,1H3/t11?,12-,13-,14?,15+/m0/s1. The topological polar surface area (TPSA) is 131 Å². The summed E-state index contributed by atoms with van der Waals surface area (Å²) in [5, 5.41) is 39.3. The van der Waals surface area contributed by atoms with Crippen molar-refractivity contribution in [2.24, 2.45) is 0 Å². The number of rotatable bonds is 4. The Hall–Kier alpha value is -2.58. The first-order valence-corrected chi connectivity index (χ1v) is 9.78. The second-order valence-electron chi connectivity index (χ2n) is 7.18. The third kappa shape index (κ3) is 3.97. The van der Waals surface area contributed by atoms with Crippen LogP contribution < -0.4 is 0 Å². The van der Waals surface area contributed by atoms with Gasteiger partial charge >= 0.3 is 6.18 Å². The molecule has 172 valence electrons. The van der Waals surface area contributed by atoms with E-state index < -0.39 is 54.6 Å². The zero-order valence-electron chi connectivity index (χ0n) is 16.4. The van der Waals surface area contributed by atoms with Crippen LogP contribution in [0.25, 0.3) is 5.69 Å². The number of hydrogen-bond donors (Lipinski definition) is 3. The lowest BCUT2D eigenvalue weighted by molar-refractivity contribution is -0.210. The van der Waals surface area contributed by atoms with Gasteiger partial charge in [0, 0.05) is 18.6 Å². The van der Waals surface area contributed by atoms with Crippen molar-refractivity contribution in [3.8, 4) is 5.69 Å². The summed E-state index contributed by atoms with van der Waals surface area (Å²) in [5.41, 5.74) is -1.78. The van der Waals surface area contributed by atoms with Crippen LogP contribution in [0.5, 0.6) is 0 Å². The van der Waals surface area contributed by atoms with E-state index in [1.165, 1.54) is 24.0 Å². The summed E-state index contributed by atoms with van der Waals surface area (Å²) in [7, 11) is 0. The van der Waals surface area contributed by atoms with Crippen LogP contribution in [0.3, 0.4) is 0 Å². The molecule has 1 saturated heterocycles. The van der Waals surface area contributed by atoms with E-state index in [1.807, 2.05) is 0 Å². The molecule has 32 heavy (non-hydrogen) atoms. The molecule has 2 unspecified atom stereocenters. The number of halogens is 4. The largest absolute Gasteiger partial charge is 0.435 e. The maximum atomic E-state index is 13.6. The first kappa shape index (κ1) is 22.6. The normalized spacial score (nSPS) is 26.4. The number of pyridine rings is 1. The molecule has 0 spiro atoms. The smallest absolute Gasteiger partial charge is 0.394 e. The van der Waals surface area contributed by atoms with Gasteiger partial charge in [-0.05, 0) is 19.1 Å². The van der Waals surface area contributed by atoms with Crippen LogP contribution in [0.4, 0.5) is 13.2 Å². The lowest BCUT2D eigenvalue weighted by atomic mass is 9.92. The predicted molar refractivity (Wildman–Crippen MR) is 102 cm³/mol. The van der Waals surface area contributed by atoms with Gasteiger partial charge in [0.15, 0.2) is 11.5 Å². The van der Waals surface area contributed by atoms with Crippen molar-refractivity contribution in [2.75, 3.05) is 6.61 Å². The number of hydrogen-bond acceptors (Lipinski definition) is 8. The van der Waals surface area contributed by atoms with Gasteiger partial charge in [-0.2, -0.15) is 23.4 Å². The molecule has 0 amide bonds. The van der Waals surface area contributed by atoms with Crippen LogP contribution in [0.15, 0.2) is 30.7 Å². The fraction of sp³-hybridized carbons (Fsp3) is 0.444.